The second-order valence-electron chi connectivity index (χ2n) is 9.14. The van der Waals surface area contributed by atoms with Crippen molar-refractivity contribution in [3.63, 3.8) is 0 Å². The van der Waals surface area contributed by atoms with Gasteiger partial charge < -0.3 is 43.2 Å². The Morgan fingerprint density at radius 1 is 0.825 bits per heavy atom. The number of aliphatic hydroxyl groups excluding tert-OH is 1. The topological polar surface area (TPSA) is 122 Å². The fourth-order valence-electron chi connectivity index (χ4n) is 5.08. The van der Waals surface area contributed by atoms with Crippen LogP contribution in [0.5, 0.6) is 40.2 Å². The van der Waals surface area contributed by atoms with Crippen LogP contribution >= 0.6 is 0 Å². The molecule has 3 aliphatic rings. The molecule has 0 spiro atoms. The van der Waals surface area contributed by atoms with Gasteiger partial charge >= 0.3 is 0 Å². The molecule has 3 aromatic rings. The van der Waals surface area contributed by atoms with E-state index in [1.807, 2.05) is 0 Å². The Bertz CT molecular complexity index is 1540. The summed E-state index contributed by atoms with van der Waals surface area (Å²) in [5.74, 6) is 1.09. The molecule has 1 amide bonds. The van der Waals surface area contributed by atoms with Gasteiger partial charge in [0.1, 0.15) is 5.76 Å². The van der Waals surface area contributed by atoms with Crippen LogP contribution in [-0.2, 0) is 16.1 Å². The van der Waals surface area contributed by atoms with Crippen molar-refractivity contribution in [2.24, 2.45) is 0 Å². The lowest BCUT2D eigenvalue weighted by Gasteiger charge is -2.26. The van der Waals surface area contributed by atoms with Gasteiger partial charge in [0.05, 0.1) is 32.9 Å². The monoisotopic (exact) mass is 547 g/mol. The van der Waals surface area contributed by atoms with Gasteiger partial charge in [0.15, 0.2) is 34.5 Å². The lowest BCUT2D eigenvalue weighted by atomic mass is 9.94. The number of carbonyl (C=O) groups excluding carboxylic acids is 2. The summed E-state index contributed by atoms with van der Waals surface area (Å²) in [4.78, 5) is 28.5. The van der Waals surface area contributed by atoms with Crippen molar-refractivity contribution in [3.8, 4) is 40.2 Å². The molecule has 11 heteroatoms. The van der Waals surface area contributed by atoms with Gasteiger partial charge in [0.25, 0.3) is 11.7 Å². The van der Waals surface area contributed by atoms with E-state index < -0.39 is 17.7 Å². The number of likely N-dealkylation sites (tertiary alicyclic amines) is 1. The molecule has 0 radical (unpaired) electrons. The van der Waals surface area contributed by atoms with E-state index in [1.165, 1.54) is 26.2 Å². The molecule has 0 aromatic heterocycles. The Hall–Kier alpha value is -5.06. The van der Waals surface area contributed by atoms with E-state index in [0.29, 0.717) is 56.9 Å². The number of aliphatic hydroxyl groups is 1. The Morgan fingerprint density at radius 3 is 2.05 bits per heavy atom. The van der Waals surface area contributed by atoms with Gasteiger partial charge in [0.2, 0.25) is 19.3 Å². The molecule has 11 nitrogen and oxygen atoms in total. The maximum atomic E-state index is 13.6. The van der Waals surface area contributed by atoms with Gasteiger partial charge in [0, 0.05) is 12.1 Å². The number of Topliss-reactive ketones (excluding diaryl/α,β-unsaturated/α-hetero) is 1. The lowest BCUT2D eigenvalue weighted by Crippen LogP contribution is -2.29. The number of ether oxygens (including phenoxy) is 7. The molecular formula is C29H25NO10. The quantitative estimate of drug-likeness (QED) is 0.266. The number of fused-ring (bicyclic) bond motifs is 2. The predicted molar refractivity (Wildman–Crippen MR) is 139 cm³/mol. The van der Waals surface area contributed by atoms with Crippen molar-refractivity contribution in [2.45, 2.75) is 12.6 Å². The van der Waals surface area contributed by atoms with Crippen LogP contribution in [0, 0.1) is 0 Å². The highest BCUT2D eigenvalue weighted by molar-refractivity contribution is 6.46. The van der Waals surface area contributed by atoms with Crippen LogP contribution in [0.3, 0.4) is 0 Å². The molecule has 6 rings (SSSR count). The fraction of sp³-hybridized carbons (Fsp3) is 0.241. The molecule has 1 N–H and O–H groups in total. The molecule has 40 heavy (non-hydrogen) atoms. The molecule has 1 atom stereocenters. The third-order valence-electron chi connectivity index (χ3n) is 6.98. The maximum Gasteiger partial charge on any atom is 0.295 e. The number of carbonyl (C=O) groups is 2. The van der Waals surface area contributed by atoms with Crippen LogP contribution in [0.25, 0.3) is 5.76 Å². The molecule has 3 heterocycles. The summed E-state index contributed by atoms with van der Waals surface area (Å²) in [6.07, 6.45) is 0. The fourth-order valence-corrected chi connectivity index (χ4v) is 5.08. The van der Waals surface area contributed by atoms with E-state index in [9.17, 15) is 14.7 Å². The Kier molecular flexibility index (Phi) is 6.25. The first-order valence-corrected chi connectivity index (χ1v) is 12.3. The standard InChI is InChI=1S/C29H25NO10/c1-34-22-10-17(11-23(35-2)28(22)36-3)25-24(26(31)16-5-7-19-21(9-16)40-14-38-19)27(32)29(33)30(25)12-15-4-6-18-20(8-15)39-13-37-18/h4-11,25,31H,12-14H2,1-3H3/b26-24+. The van der Waals surface area contributed by atoms with Crippen molar-refractivity contribution in [2.75, 3.05) is 34.9 Å². The molecule has 0 aliphatic carbocycles. The molecule has 1 saturated heterocycles. The van der Waals surface area contributed by atoms with Crippen LogP contribution in [0.15, 0.2) is 54.1 Å². The summed E-state index contributed by atoms with van der Waals surface area (Å²) >= 11 is 0. The number of hydrogen-bond donors (Lipinski definition) is 1. The van der Waals surface area contributed by atoms with Crippen molar-refractivity contribution in [3.05, 3.63) is 70.8 Å². The van der Waals surface area contributed by atoms with Gasteiger partial charge in [-0.3, -0.25) is 9.59 Å². The smallest absolute Gasteiger partial charge is 0.295 e. The number of amides is 1. The number of hydrogen-bond acceptors (Lipinski definition) is 10. The van der Waals surface area contributed by atoms with Gasteiger partial charge in [-0.1, -0.05) is 6.07 Å². The molecule has 3 aliphatic heterocycles. The van der Waals surface area contributed by atoms with Gasteiger partial charge in [-0.15, -0.1) is 0 Å². The zero-order chi connectivity index (χ0) is 28.0. The number of benzene rings is 3. The molecule has 206 valence electrons. The third kappa shape index (κ3) is 4.06. The highest BCUT2D eigenvalue weighted by Gasteiger charge is 2.47. The predicted octanol–water partition coefficient (Wildman–Crippen LogP) is 3.79. The molecule has 1 unspecified atom stereocenters. The second kappa shape index (κ2) is 9.92. The van der Waals surface area contributed by atoms with Crippen LogP contribution in [0.4, 0.5) is 0 Å². The Balaban J connectivity index is 1.51. The van der Waals surface area contributed by atoms with Crippen LogP contribution in [0.2, 0.25) is 0 Å². The van der Waals surface area contributed by atoms with Crippen LogP contribution in [-0.4, -0.2) is 56.6 Å². The minimum Gasteiger partial charge on any atom is -0.507 e. The highest BCUT2D eigenvalue weighted by Crippen LogP contribution is 2.47. The number of methoxy groups -OCH3 is 3. The minimum atomic E-state index is -0.996. The highest BCUT2D eigenvalue weighted by atomic mass is 16.7. The number of nitrogens with zero attached hydrogens (tertiary/aromatic N) is 1. The summed E-state index contributed by atoms with van der Waals surface area (Å²) in [5.41, 5.74) is 1.37. The number of rotatable bonds is 7. The minimum absolute atomic E-state index is 0.0421. The number of ketones is 1. The summed E-state index contributed by atoms with van der Waals surface area (Å²) < 4.78 is 38.2. The lowest BCUT2D eigenvalue weighted by molar-refractivity contribution is -0.140. The molecule has 0 bridgehead atoms. The maximum absolute atomic E-state index is 13.6. The molecular weight excluding hydrogens is 522 g/mol. The average molecular weight is 548 g/mol. The summed E-state index contributed by atoms with van der Waals surface area (Å²) in [7, 11) is 4.42. The third-order valence-corrected chi connectivity index (χ3v) is 6.98. The van der Waals surface area contributed by atoms with E-state index in [2.05, 4.69) is 0 Å². The normalized spacial score (nSPS) is 18.3. The molecule has 3 aromatic carbocycles. The van der Waals surface area contributed by atoms with Gasteiger partial charge in [-0.2, -0.15) is 0 Å². The zero-order valence-corrected chi connectivity index (χ0v) is 21.9. The Morgan fingerprint density at radius 2 is 1.43 bits per heavy atom. The van der Waals surface area contributed by atoms with E-state index in [1.54, 1.807) is 48.5 Å². The first kappa shape index (κ1) is 25.2. The van der Waals surface area contributed by atoms with Crippen LogP contribution < -0.4 is 33.2 Å². The largest absolute Gasteiger partial charge is 0.507 e. The average Bonchev–Trinajstić information content (AvgIpc) is 3.70. The summed E-state index contributed by atoms with van der Waals surface area (Å²) in [5, 5.41) is 11.5. The van der Waals surface area contributed by atoms with Crippen molar-refractivity contribution in [1.29, 1.82) is 0 Å². The molecule has 0 saturated carbocycles. The van der Waals surface area contributed by atoms with E-state index in [0.717, 1.165) is 0 Å². The van der Waals surface area contributed by atoms with Gasteiger partial charge in [-0.05, 0) is 53.6 Å². The zero-order valence-electron chi connectivity index (χ0n) is 21.9. The van der Waals surface area contributed by atoms with Crippen molar-refractivity contribution >= 4 is 17.4 Å². The van der Waals surface area contributed by atoms with E-state index in [4.69, 9.17) is 33.2 Å². The van der Waals surface area contributed by atoms with E-state index >= 15 is 0 Å². The summed E-state index contributed by atoms with van der Waals surface area (Å²) in [6, 6.07) is 12.4. The van der Waals surface area contributed by atoms with Crippen molar-refractivity contribution in [1.82, 2.24) is 4.90 Å². The summed E-state index contributed by atoms with van der Waals surface area (Å²) in [6.45, 7) is 0.190. The SMILES string of the molecule is COc1cc(C2/C(=C(\O)c3ccc4c(c3)OCO4)C(=O)C(=O)N2Cc2ccc3c(c2)OCO3)cc(OC)c1OC. The first-order chi connectivity index (χ1) is 19.4. The van der Waals surface area contributed by atoms with Gasteiger partial charge in [-0.25, -0.2) is 0 Å². The van der Waals surface area contributed by atoms with Crippen LogP contribution in [0.1, 0.15) is 22.7 Å². The Labute approximate surface area is 229 Å². The van der Waals surface area contributed by atoms with Crippen molar-refractivity contribution < 1.29 is 47.9 Å². The second-order valence-corrected chi connectivity index (χ2v) is 9.14. The first-order valence-electron chi connectivity index (χ1n) is 12.3. The van der Waals surface area contributed by atoms with E-state index in [-0.39, 0.29) is 31.5 Å². The molecule has 1 fully saturated rings.